The van der Waals surface area contributed by atoms with Gasteiger partial charge in [0.2, 0.25) is 0 Å². The Morgan fingerprint density at radius 2 is 0.920 bits per heavy atom. The van der Waals surface area contributed by atoms with Crippen molar-refractivity contribution in [3.63, 3.8) is 0 Å². The average Bonchev–Trinajstić information content (AvgIpc) is 3.61. The molecule has 0 aromatic heterocycles. The van der Waals surface area contributed by atoms with Crippen LogP contribution in [0.3, 0.4) is 0 Å². The van der Waals surface area contributed by atoms with Crippen LogP contribution in [0.1, 0.15) is 115 Å². The van der Waals surface area contributed by atoms with Gasteiger partial charge in [-0.05, 0) is 0 Å². The number of aryl methyl sites for hydroxylation is 6. The van der Waals surface area contributed by atoms with Crippen molar-refractivity contribution >= 4 is 35.1 Å². The van der Waals surface area contributed by atoms with Crippen LogP contribution in [0, 0.1) is 41.5 Å². The Balaban J connectivity index is 1.64. The van der Waals surface area contributed by atoms with E-state index in [0.29, 0.717) is 0 Å². The van der Waals surface area contributed by atoms with E-state index in [2.05, 4.69) is 141 Å². The summed E-state index contributed by atoms with van der Waals surface area (Å²) in [6.45, 7) is 23.0. The van der Waals surface area contributed by atoms with Crippen LogP contribution in [0.15, 0.2) is 71.8 Å². The molecular weight excluding hydrogens is 743 g/mol. The van der Waals surface area contributed by atoms with Crippen LogP contribution in [0.2, 0.25) is 13.1 Å². The maximum atomic E-state index is 8.88. The SMILES string of the molecule is CCCCC1=Cc2c(ccc(C)c2-c2cc(C)cc(C)c2)[CH]1[Zr]([Cl])([Cl])([CH]1C(CCCC)=Cc2c1ccc(C)c2-c1cc(C)cc(C)c1)[SiH](C)C. The van der Waals surface area contributed by atoms with Gasteiger partial charge in [-0.2, -0.15) is 0 Å². The van der Waals surface area contributed by atoms with Gasteiger partial charge in [0.1, 0.15) is 0 Å². The van der Waals surface area contributed by atoms with Crippen molar-refractivity contribution < 1.29 is 15.6 Å². The molecule has 6 rings (SSSR count). The molecule has 0 radical (unpaired) electrons. The molecule has 0 saturated carbocycles. The van der Waals surface area contributed by atoms with Crippen molar-refractivity contribution in [2.24, 2.45) is 0 Å². The quantitative estimate of drug-likeness (QED) is 0.133. The van der Waals surface area contributed by atoms with E-state index in [1.165, 1.54) is 89.0 Å². The van der Waals surface area contributed by atoms with Crippen LogP contribution in [0.5, 0.6) is 0 Å². The van der Waals surface area contributed by atoms with Gasteiger partial charge in [-0.25, -0.2) is 0 Å². The molecule has 2 unspecified atom stereocenters. The van der Waals surface area contributed by atoms with Crippen LogP contribution in [0.25, 0.3) is 34.4 Å². The minimum absolute atomic E-state index is 0.116. The van der Waals surface area contributed by atoms with Crippen LogP contribution in [-0.4, -0.2) is 5.92 Å². The predicted molar refractivity (Wildman–Crippen MR) is 223 cm³/mol. The standard InChI is InChI=1S/2C22H25.C2H7Si.2ClH.Zr/c2*1-5-6-7-18-13-19-9-8-17(4)22(21(19)14-18)20-11-15(2)10-16(3)12-20;1-3-2;;;/h2*8-14H,5-7H2,1-4H3;3H,1-2H3;2*1H;/q;;;;;+2/p-2. The van der Waals surface area contributed by atoms with Gasteiger partial charge < -0.3 is 0 Å². The Bertz CT molecular complexity index is 1850. The number of hydrogen-bond acceptors (Lipinski definition) is 0. The van der Waals surface area contributed by atoms with Gasteiger partial charge >= 0.3 is 315 Å². The third kappa shape index (κ3) is 6.48. The summed E-state index contributed by atoms with van der Waals surface area (Å²) in [6, 6.07) is 23.6. The van der Waals surface area contributed by atoms with E-state index in [-0.39, 0.29) is 7.25 Å². The molecule has 2 aliphatic rings. The zero-order chi connectivity index (χ0) is 36.1. The molecule has 2 aliphatic carbocycles. The van der Waals surface area contributed by atoms with Crippen LogP contribution >= 0.6 is 17.0 Å². The summed E-state index contributed by atoms with van der Waals surface area (Å²) in [7, 11) is 17.8. The molecule has 263 valence electrons. The van der Waals surface area contributed by atoms with Crippen molar-refractivity contribution in [1.82, 2.24) is 0 Å². The molecule has 0 amide bonds. The van der Waals surface area contributed by atoms with Gasteiger partial charge in [-0.1, -0.05) is 0 Å². The zero-order valence-corrected chi connectivity index (χ0v) is 37.3. The minimum atomic E-state index is -4.91. The molecule has 0 saturated heterocycles. The second-order valence-electron chi connectivity index (χ2n) is 16.2. The number of halogens is 2. The summed E-state index contributed by atoms with van der Waals surface area (Å²) < 4.78 is 0.232. The number of rotatable bonds is 11. The van der Waals surface area contributed by atoms with E-state index in [1.54, 1.807) is 0 Å². The fourth-order valence-corrected chi connectivity index (χ4v) is 41.1. The van der Waals surface area contributed by atoms with Crippen molar-refractivity contribution in [1.29, 1.82) is 0 Å². The van der Waals surface area contributed by atoms with Crippen molar-refractivity contribution in [2.45, 2.75) is 114 Å². The molecule has 0 heterocycles. The van der Waals surface area contributed by atoms with Crippen molar-refractivity contribution in [2.75, 3.05) is 0 Å². The fraction of sp³-hybridized carbons (Fsp3) is 0.391. The Hall–Kier alpha value is -1.96. The molecule has 0 nitrogen and oxygen atoms in total. The molecule has 50 heavy (non-hydrogen) atoms. The topological polar surface area (TPSA) is 0 Å². The number of benzene rings is 4. The van der Waals surface area contributed by atoms with Crippen molar-refractivity contribution in [3.8, 4) is 22.3 Å². The Morgan fingerprint density at radius 3 is 1.24 bits per heavy atom. The molecule has 0 N–H and O–H groups in total. The van der Waals surface area contributed by atoms with Gasteiger partial charge in [0.25, 0.3) is 0 Å². The summed E-state index contributed by atoms with van der Waals surface area (Å²) in [6.07, 6.45) is 11.9. The van der Waals surface area contributed by atoms with Gasteiger partial charge in [0, 0.05) is 0 Å². The van der Waals surface area contributed by atoms with Crippen molar-refractivity contribution in [3.05, 3.63) is 127 Å². The molecule has 0 spiro atoms. The van der Waals surface area contributed by atoms with E-state index in [4.69, 9.17) is 17.0 Å². The monoisotopic (exact) mass is 797 g/mol. The number of allylic oxidation sites excluding steroid dienone is 2. The van der Waals surface area contributed by atoms with E-state index >= 15 is 0 Å². The van der Waals surface area contributed by atoms with Gasteiger partial charge in [-0.3, -0.25) is 0 Å². The van der Waals surface area contributed by atoms with Crippen LogP contribution in [0.4, 0.5) is 0 Å². The summed E-state index contributed by atoms with van der Waals surface area (Å²) >= 11 is -4.91. The first-order valence-electron chi connectivity index (χ1n) is 19.1. The van der Waals surface area contributed by atoms with Gasteiger partial charge in [-0.15, -0.1) is 0 Å². The molecule has 4 aromatic carbocycles. The molecule has 0 bridgehead atoms. The Labute approximate surface area is 312 Å². The number of hydrogen-bond donors (Lipinski definition) is 0. The van der Waals surface area contributed by atoms with Gasteiger partial charge in [0.15, 0.2) is 0 Å². The molecule has 0 aliphatic heterocycles. The Morgan fingerprint density at radius 1 is 0.560 bits per heavy atom. The first-order valence-corrected chi connectivity index (χ1v) is 35.4. The second-order valence-corrected chi connectivity index (χ2v) is 58.7. The average molecular weight is 800 g/mol. The van der Waals surface area contributed by atoms with Gasteiger partial charge in [0.05, 0.1) is 0 Å². The summed E-state index contributed by atoms with van der Waals surface area (Å²) in [5.74, 6) is -1.66. The second kappa shape index (κ2) is 14.5. The van der Waals surface area contributed by atoms with Crippen LogP contribution in [-0.2, 0) is 15.6 Å². The summed E-state index contributed by atoms with van der Waals surface area (Å²) in [5.41, 5.74) is 21.8. The normalized spacial score (nSPS) is 17.7. The molecule has 0 fully saturated rings. The zero-order valence-electron chi connectivity index (χ0n) is 32.2. The Kier molecular flexibility index (Phi) is 10.9. The molecular formula is C46H57Cl2SiZr. The van der Waals surface area contributed by atoms with E-state index in [9.17, 15) is 0 Å². The van der Waals surface area contributed by atoms with E-state index in [0.717, 1.165) is 38.5 Å². The molecule has 2 atom stereocenters. The first-order chi connectivity index (χ1) is 23.7. The predicted octanol–water partition coefficient (Wildman–Crippen LogP) is 14.8. The first kappa shape index (κ1) is 37.8. The molecule has 4 aromatic rings. The van der Waals surface area contributed by atoms with Crippen LogP contribution < -0.4 is 0 Å². The van der Waals surface area contributed by atoms with E-state index in [1.807, 2.05) is 0 Å². The third-order valence-electron chi connectivity index (χ3n) is 11.9. The third-order valence-corrected chi connectivity index (χ3v) is 63.7. The number of unbranched alkanes of at least 4 members (excludes halogenated alkanes) is 2. The summed E-state index contributed by atoms with van der Waals surface area (Å²) in [5, 5.41) is 0. The molecule has 4 heteroatoms. The summed E-state index contributed by atoms with van der Waals surface area (Å²) in [4.78, 5) is 0. The number of fused-ring (bicyclic) bond motifs is 2. The maximum absolute atomic E-state index is 8.88. The van der Waals surface area contributed by atoms with E-state index < -0.39 is 21.5 Å². The fourth-order valence-electron chi connectivity index (χ4n) is 9.58.